The molecule has 0 bridgehead atoms. The van der Waals surface area contributed by atoms with Crippen LogP contribution in [0.2, 0.25) is 0 Å². The first-order valence-electron chi connectivity index (χ1n) is 3.83. The summed E-state index contributed by atoms with van der Waals surface area (Å²) in [6, 6.07) is 1.90. The molecule has 0 aromatic carbocycles. The first-order valence-corrected chi connectivity index (χ1v) is 4.26. The minimum atomic E-state index is -0.397. The quantitative estimate of drug-likeness (QED) is 0.768. The molecule has 1 atom stereocenters. The van der Waals surface area contributed by atoms with E-state index in [1.807, 2.05) is 29.1 Å². The summed E-state index contributed by atoms with van der Waals surface area (Å²) in [5, 5.41) is 9.21. The van der Waals surface area contributed by atoms with Crippen LogP contribution < -0.4 is 0 Å². The third-order valence-corrected chi connectivity index (χ3v) is 1.84. The molecule has 0 fully saturated rings. The number of allylic oxidation sites excluding steroid dienone is 1. The Morgan fingerprint density at radius 3 is 3.00 bits per heavy atom. The Kier molecular flexibility index (Phi) is 3.38. The van der Waals surface area contributed by atoms with E-state index in [0.29, 0.717) is 0 Å². The molecule has 0 aliphatic carbocycles. The number of hydrogen-bond donors (Lipinski definition) is 1. The van der Waals surface area contributed by atoms with E-state index in [-0.39, 0.29) is 0 Å². The van der Waals surface area contributed by atoms with Crippen LogP contribution in [0.3, 0.4) is 0 Å². The molecule has 1 aromatic rings. The molecular weight excluding hydrogens is 174 g/mol. The van der Waals surface area contributed by atoms with Crippen molar-refractivity contribution >= 4 is 11.6 Å². The Hall–Kier alpha value is -0.730. The van der Waals surface area contributed by atoms with Gasteiger partial charge in [-0.05, 0) is 18.6 Å². The molecule has 2 nitrogen and oxygen atoms in total. The van der Waals surface area contributed by atoms with Gasteiger partial charge in [-0.3, -0.25) is 0 Å². The normalized spacial score (nSPS) is 13.9. The second-order valence-corrected chi connectivity index (χ2v) is 2.93. The molecule has 0 aliphatic heterocycles. The standard InChI is InChI=1S/C9H12ClNO/c1-8(12)9-3-6-11(7-9)5-2-4-10/h2-4,6-8,12H,5H2,1H3. The lowest BCUT2D eigenvalue weighted by atomic mass is 10.2. The highest BCUT2D eigenvalue weighted by atomic mass is 35.5. The maximum Gasteiger partial charge on any atom is 0.0776 e. The Balaban J connectivity index is 2.64. The predicted molar refractivity (Wildman–Crippen MR) is 50.1 cm³/mol. The van der Waals surface area contributed by atoms with Crippen molar-refractivity contribution in [2.24, 2.45) is 0 Å². The lowest BCUT2D eigenvalue weighted by molar-refractivity contribution is 0.199. The summed E-state index contributed by atoms with van der Waals surface area (Å²) in [6.45, 7) is 2.49. The molecule has 1 unspecified atom stereocenters. The average Bonchev–Trinajstić information content (AvgIpc) is 2.48. The van der Waals surface area contributed by atoms with Crippen LogP contribution in [-0.2, 0) is 6.54 Å². The molecule has 66 valence electrons. The minimum Gasteiger partial charge on any atom is -0.389 e. The monoisotopic (exact) mass is 185 g/mol. The number of aromatic nitrogens is 1. The van der Waals surface area contributed by atoms with E-state index in [1.165, 1.54) is 5.54 Å². The van der Waals surface area contributed by atoms with Crippen LogP contribution in [0.15, 0.2) is 30.1 Å². The SMILES string of the molecule is CC(O)c1ccn(CC=CCl)c1. The van der Waals surface area contributed by atoms with Gasteiger partial charge in [0.05, 0.1) is 6.10 Å². The molecule has 0 saturated carbocycles. The summed E-state index contributed by atoms with van der Waals surface area (Å²) in [6.07, 6.45) is 5.26. The van der Waals surface area contributed by atoms with Crippen LogP contribution in [0, 0.1) is 0 Å². The van der Waals surface area contributed by atoms with Gasteiger partial charge < -0.3 is 9.67 Å². The van der Waals surface area contributed by atoms with E-state index < -0.39 is 6.10 Å². The van der Waals surface area contributed by atoms with E-state index >= 15 is 0 Å². The van der Waals surface area contributed by atoms with Gasteiger partial charge in [-0.2, -0.15) is 0 Å². The Labute approximate surface area is 77.1 Å². The molecule has 1 heterocycles. The fourth-order valence-corrected chi connectivity index (χ4v) is 1.06. The lowest BCUT2D eigenvalue weighted by Crippen LogP contribution is -1.91. The van der Waals surface area contributed by atoms with E-state index in [1.54, 1.807) is 6.92 Å². The summed E-state index contributed by atoms with van der Waals surface area (Å²) in [5.74, 6) is 0. The van der Waals surface area contributed by atoms with E-state index in [9.17, 15) is 5.11 Å². The van der Waals surface area contributed by atoms with Gasteiger partial charge in [0.2, 0.25) is 0 Å². The predicted octanol–water partition coefficient (Wildman–Crippen LogP) is 2.29. The second-order valence-electron chi connectivity index (χ2n) is 2.68. The largest absolute Gasteiger partial charge is 0.389 e. The molecular formula is C9H12ClNO. The molecule has 12 heavy (non-hydrogen) atoms. The number of aliphatic hydroxyl groups is 1. The van der Waals surface area contributed by atoms with Crippen molar-refractivity contribution in [3.05, 3.63) is 35.6 Å². The van der Waals surface area contributed by atoms with Gasteiger partial charge in [-0.25, -0.2) is 0 Å². The van der Waals surface area contributed by atoms with Crippen molar-refractivity contribution in [3.8, 4) is 0 Å². The summed E-state index contributed by atoms with van der Waals surface area (Å²) < 4.78 is 1.96. The first kappa shape index (κ1) is 9.36. The highest BCUT2D eigenvalue weighted by Crippen LogP contribution is 2.11. The third-order valence-electron chi connectivity index (χ3n) is 1.66. The fraction of sp³-hybridized carbons (Fsp3) is 0.333. The summed E-state index contributed by atoms with van der Waals surface area (Å²) in [7, 11) is 0. The molecule has 1 N–H and O–H groups in total. The van der Waals surface area contributed by atoms with Gasteiger partial charge in [0.15, 0.2) is 0 Å². The molecule has 0 amide bonds. The first-order chi connectivity index (χ1) is 5.74. The van der Waals surface area contributed by atoms with Crippen LogP contribution in [0.4, 0.5) is 0 Å². The van der Waals surface area contributed by atoms with Gasteiger partial charge in [0.1, 0.15) is 0 Å². The molecule has 0 aliphatic rings. The number of hydrogen-bond acceptors (Lipinski definition) is 1. The van der Waals surface area contributed by atoms with Crippen molar-refractivity contribution in [2.75, 3.05) is 0 Å². The maximum atomic E-state index is 9.21. The van der Waals surface area contributed by atoms with Crippen LogP contribution >= 0.6 is 11.6 Å². The van der Waals surface area contributed by atoms with Gasteiger partial charge in [0, 0.05) is 24.5 Å². The summed E-state index contributed by atoms with van der Waals surface area (Å²) >= 11 is 5.38. The van der Waals surface area contributed by atoms with Crippen molar-refractivity contribution in [2.45, 2.75) is 19.6 Å². The smallest absolute Gasteiger partial charge is 0.0776 e. The van der Waals surface area contributed by atoms with Crippen LogP contribution in [0.5, 0.6) is 0 Å². The number of rotatable bonds is 3. The maximum absolute atomic E-state index is 9.21. The highest BCUT2D eigenvalue weighted by Gasteiger charge is 2.00. The van der Waals surface area contributed by atoms with Gasteiger partial charge in [0.25, 0.3) is 0 Å². The lowest BCUT2D eigenvalue weighted by Gasteiger charge is -1.98. The summed E-state index contributed by atoms with van der Waals surface area (Å²) in [4.78, 5) is 0. The molecule has 0 radical (unpaired) electrons. The zero-order valence-electron chi connectivity index (χ0n) is 6.94. The third kappa shape index (κ3) is 2.40. The minimum absolute atomic E-state index is 0.397. The topological polar surface area (TPSA) is 25.2 Å². The average molecular weight is 186 g/mol. The Bertz CT molecular complexity index is 265. The van der Waals surface area contributed by atoms with Crippen LogP contribution in [0.1, 0.15) is 18.6 Å². The van der Waals surface area contributed by atoms with E-state index in [2.05, 4.69) is 0 Å². The molecule has 0 saturated heterocycles. The van der Waals surface area contributed by atoms with Crippen molar-refractivity contribution in [1.82, 2.24) is 4.57 Å². The zero-order valence-corrected chi connectivity index (χ0v) is 7.70. The summed E-state index contributed by atoms with van der Waals surface area (Å²) in [5.41, 5.74) is 2.42. The molecule has 0 spiro atoms. The molecule has 1 rings (SSSR count). The van der Waals surface area contributed by atoms with E-state index in [0.717, 1.165) is 12.1 Å². The van der Waals surface area contributed by atoms with Crippen molar-refractivity contribution < 1.29 is 5.11 Å². The van der Waals surface area contributed by atoms with Gasteiger partial charge >= 0.3 is 0 Å². The van der Waals surface area contributed by atoms with Crippen LogP contribution in [0.25, 0.3) is 0 Å². The van der Waals surface area contributed by atoms with Crippen molar-refractivity contribution in [3.63, 3.8) is 0 Å². The molecule has 3 heteroatoms. The Morgan fingerprint density at radius 1 is 1.75 bits per heavy atom. The number of nitrogens with zero attached hydrogens (tertiary/aromatic N) is 1. The van der Waals surface area contributed by atoms with Crippen LogP contribution in [-0.4, -0.2) is 9.67 Å². The number of halogens is 1. The second kappa shape index (κ2) is 4.33. The number of aliphatic hydroxyl groups excluding tert-OH is 1. The fourth-order valence-electron chi connectivity index (χ4n) is 0.982. The van der Waals surface area contributed by atoms with E-state index in [4.69, 9.17) is 11.6 Å². The van der Waals surface area contributed by atoms with Gasteiger partial charge in [-0.15, -0.1) is 0 Å². The Morgan fingerprint density at radius 2 is 2.50 bits per heavy atom. The highest BCUT2D eigenvalue weighted by molar-refractivity contribution is 6.25. The van der Waals surface area contributed by atoms with Crippen molar-refractivity contribution in [1.29, 1.82) is 0 Å². The van der Waals surface area contributed by atoms with Gasteiger partial charge in [-0.1, -0.05) is 17.7 Å². The zero-order chi connectivity index (χ0) is 8.97. The molecule has 1 aromatic heterocycles.